The van der Waals surface area contributed by atoms with Crippen molar-refractivity contribution in [1.29, 1.82) is 5.26 Å². The highest BCUT2D eigenvalue weighted by molar-refractivity contribution is 5.59. The van der Waals surface area contributed by atoms with Crippen LogP contribution in [0.2, 0.25) is 0 Å². The molecule has 1 fully saturated rings. The van der Waals surface area contributed by atoms with Gasteiger partial charge >= 0.3 is 6.18 Å². The van der Waals surface area contributed by atoms with Crippen molar-refractivity contribution in [2.75, 3.05) is 18.4 Å². The van der Waals surface area contributed by atoms with Gasteiger partial charge < -0.3 is 10.2 Å². The summed E-state index contributed by atoms with van der Waals surface area (Å²) in [7, 11) is 0. The topological polar surface area (TPSA) is 39.1 Å². The molecule has 0 amide bonds. The third kappa shape index (κ3) is 3.92. The number of hydrogen-bond donors (Lipinski definition) is 1. The number of rotatable bonds is 3. The zero-order valence-corrected chi connectivity index (χ0v) is 12.7. The van der Waals surface area contributed by atoms with E-state index in [1.54, 1.807) is 0 Å². The van der Waals surface area contributed by atoms with Gasteiger partial charge in [-0.05, 0) is 44.9 Å². The molecular formula is C16H20F3N3. The van der Waals surface area contributed by atoms with Crippen LogP contribution in [0, 0.1) is 11.3 Å². The second-order valence-corrected chi connectivity index (χ2v) is 5.92. The fraction of sp³-hybridized carbons (Fsp3) is 0.562. The minimum atomic E-state index is -4.42. The lowest BCUT2D eigenvalue weighted by Crippen LogP contribution is -2.42. The van der Waals surface area contributed by atoms with E-state index in [-0.39, 0.29) is 11.6 Å². The standard InChI is InChI=1S/C16H20F3N3/c1-11(2)22-7-5-14(6-8-22)21-15-4-3-13(16(17,18)19)9-12(15)10-20/h3-4,9,11,14,21H,5-8H2,1-2H3. The van der Waals surface area contributed by atoms with E-state index in [4.69, 9.17) is 5.26 Å². The van der Waals surface area contributed by atoms with Crippen molar-refractivity contribution in [3.8, 4) is 6.07 Å². The highest BCUT2D eigenvalue weighted by Gasteiger charge is 2.31. The number of likely N-dealkylation sites (tertiary alicyclic amines) is 1. The monoisotopic (exact) mass is 311 g/mol. The largest absolute Gasteiger partial charge is 0.416 e. The summed E-state index contributed by atoms with van der Waals surface area (Å²) in [4.78, 5) is 2.37. The van der Waals surface area contributed by atoms with Crippen molar-refractivity contribution in [1.82, 2.24) is 4.90 Å². The van der Waals surface area contributed by atoms with Crippen LogP contribution in [0.4, 0.5) is 18.9 Å². The molecule has 1 aliphatic heterocycles. The normalized spacial score (nSPS) is 17.5. The van der Waals surface area contributed by atoms with Crippen LogP contribution in [0.5, 0.6) is 0 Å². The summed E-state index contributed by atoms with van der Waals surface area (Å²) in [6, 6.07) is 5.83. The Kier molecular flexibility index (Phi) is 4.97. The van der Waals surface area contributed by atoms with Gasteiger partial charge in [-0.15, -0.1) is 0 Å². The van der Waals surface area contributed by atoms with Gasteiger partial charge in [-0.25, -0.2) is 0 Å². The minimum absolute atomic E-state index is 0.0427. The summed E-state index contributed by atoms with van der Waals surface area (Å²) in [6.07, 6.45) is -2.58. The van der Waals surface area contributed by atoms with E-state index >= 15 is 0 Å². The van der Waals surface area contributed by atoms with Gasteiger partial charge in [-0.1, -0.05) is 0 Å². The van der Waals surface area contributed by atoms with E-state index < -0.39 is 11.7 Å². The Balaban J connectivity index is 2.06. The van der Waals surface area contributed by atoms with Crippen molar-refractivity contribution >= 4 is 5.69 Å². The van der Waals surface area contributed by atoms with E-state index in [0.29, 0.717) is 11.7 Å². The Morgan fingerprint density at radius 3 is 2.41 bits per heavy atom. The van der Waals surface area contributed by atoms with E-state index in [0.717, 1.165) is 38.1 Å². The molecule has 1 aliphatic rings. The summed E-state index contributed by atoms with van der Waals surface area (Å²) in [5.41, 5.74) is -0.260. The highest BCUT2D eigenvalue weighted by Crippen LogP contribution is 2.32. The highest BCUT2D eigenvalue weighted by atomic mass is 19.4. The second-order valence-electron chi connectivity index (χ2n) is 5.92. The molecule has 22 heavy (non-hydrogen) atoms. The van der Waals surface area contributed by atoms with Crippen LogP contribution in [-0.4, -0.2) is 30.1 Å². The molecule has 6 heteroatoms. The first-order valence-electron chi connectivity index (χ1n) is 7.43. The molecule has 0 spiro atoms. The Bertz CT molecular complexity index is 553. The maximum atomic E-state index is 12.7. The van der Waals surface area contributed by atoms with E-state index in [1.165, 1.54) is 6.07 Å². The molecule has 0 aromatic heterocycles. The predicted molar refractivity (Wildman–Crippen MR) is 79.5 cm³/mol. The van der Waals surface area contributed by atoms with Gasteiger partial charge in [0, 0.05) is 25.2 Å². The first-order chi connectivity index (χ1) is 10.3. The van der Waals surface area contributed by atoms with Gasteiger partial charge in [0.25, 0.3) is 0 Å². The first kappa shape index (κ1) is 16.6. The summed E-state index contributed by atoms with van der Waals surface area (Å²) in [6.45, 7) is 6.21. The molecule has 1 N–H and O–H groups in total. The number of piperidine rings is 1. The van der Waals surface area contributed by atoms with Gasteiger partial charge in [0.05, 0.1) is 16.8 Å². The predicted octanol–water partition coefficient (Wildman–Crippen LogP) is 3.86. The molecule has 0 saturated carbocycles. The van der Waals surface area contributed by atoms with Crippen molar-refractivity contribution in [3.05, 3.63) is 29.3 Å². The van der Waals surface area contributed by atoms with Crippen LogP contribution in [0.25, 0.3) is 0 Å². The third-order valence-corrected chi connectivity index (χ3v) is 4.09. The molecule has 120 valence electrons. The zero-order valence-electron chi connectivity index (χ0n) is 12.7. The Hall–Kier alpha value is -1.74. The second kappa shape index (κ2) is 6.57. The minimum Gasteiger partial charge on any atom is -0.381 e. The molecule has 0 atom stereocenters. The Morgan fingerprint density at radius 1 is 1.27 bits per heavy atom. The van der Waals surface area contributed by atoms with Crippen LogP contribution in [0.3, 0.4) is 0 Å². The fourth-order valence-corrected chi connectivity index (χ4v) is 2.72. The Labute approximate surface area is 128 Å². The molecule has 0 radical (unpaired) electrons. The maximum Gasteiger partial charge on any atom is 0.416 e. The van der Waals surface area contributed by atoms with Crippen LogP contribution >= 0.6 is 0 Å². The summed E-state index contributed by atoms with van der Waals surface area (Å²) < 4.78 is 38.0. The number of nitrogens with one attached hydrogen (secondary N) is 1. The third-order valence-electron chi connectivity index (χ3n) is 4.09. The average Bonchev–Trinajstić information content (AvgIpc) is 2.47. The molecular weight excluding hydrogens is 291 g/mol. The van der Waals surface area contributed by atoms with Crippen LogP contribution in [0.15, 0.2) is 18.2 Å². The maximum absolute atomic E-state index is 12.7. The summed E-state index contributed by atoms with van der Waals surface area (Å²) in [5, 5.41) is 12.3. The lowest BCUT2D eigenvalue weighted by molar-refractivity contribution is -0.137. The van der Waals surface area contributed by atoms with E-state index in [1.807, 2.05) is 6.07 Å². The lowest BCUT2D eigenvalue weighted by atomic mass is 10.0. The quantitative estimate of drug-likeness (QED) is 0.921. The van der Waals surface area contributed by atoms with Crippen molar-refractivity contribution in [3.63, 3.8) is 0 Å². The summed E-state index contributed by atoms with van der Waals surface area (Å²) >= 11 is 0. The van der Waals surface area contributed by atoms with Gasteiger partial charge in [-0.2, -0.15) is 18.4 Å². The SMILES string of the molecule is CC(C)N1CCC(Nc2ccc(C(F)(F)F)cc2C#N)CC1. The lowest BCUT2D eigenvalue weighted by Gasteiger charge is -2.35. The smallest absolute Gasteiger partial charge is 0.381 e. The van der Waals surface area contributed by atoms with Crippen molar-refractivity contribution in [2.24, 2.45) is 0 Å². The van der Waals surface area contributed by atoms with Crippen molar-refractivity contribution < 1.29 is 13.2 Å². The molecule has 3 nitrogen and oxygen atoms in total. The van der Waals surface area contributed by atoms with Gasteiger partial charge in [0.2, 0.25) is 0 Å². The molecule has 1 heterocycles. The van der Waals surface area contributed by atoms with Gasteiger partial charge in [0.1, 0.15) is 6.07 Å². The number of nitriles is 1. The molecule has 0 aliphatic carbocycles. The van der Waals surface area contributed by atoms with E-state index in [9.17, 15) is 13.2 Å². The number of benzene rings is 1. The molecule has 0 bridgehead atoms. The van der Waals surface area contributed by atoms with E-state index in [2.05, 4.69) is 24.1 Å². The number of nitrogens with zero attached hydrogens (tertiary/aromatic N) is 2. The molecule has 1 saturated heterocycles. The number of halogens is 3. The number of anilines is 1. The van der Waals surface area contributed by atoms with Crippen LogP contribution in [-0.2, 0) is 6.18 Å². The zero-order chi connectivity index (χ0) is 16.3. The molecule has 1 aromatic carbocycles. The number of hydrogen-bond acceptors (Lipinski definition) is 3. The van der Waals surface area contributed by atoms with Gasteiger partial charge in [0.15, 0.2) is 0 Å². The first-order valence-corrected chi connectivity index (χ1v) is 7.43. The summed E-state index contributed by atoms with van der Waals surface area (Å²) in [5.74, 6) is 0. The number of alkyl halides is 3. The molecule has 2 rings (SSSR count). The van der Waals surface area contributed by atoms with Crippen LogP contribution < -0.4 is 5.32 Å². The van der Waals surface area contributed by atoms with Crippen molar-refractivity contribution in [2.45, 2.75) is 44.9 Å². The molecule has 0 unspecified atom stereocenters. The van der Waals surface area contributed by atoms with Gasteiger partial charge in [-0.3, -0.25) is 0 Å². The molecule has 1 aromatic rings. The van der Waals surface area contributed by atoms with Crippen LogP contribution in [0.1, 0.15) is 37.8 Å². The fourth-order valence-electron chi connectivity index (χ4n) is 2.72. The Morgan fingerprint density at radius 2 is 1.91 bits per heavy atom. The average molecular weight is 311 g/mol.